The molecule has 0 aliphatic heterocycles. The largest absolute Gasteiger partial charge is 0.494 e. The van der Waals surface area contributed by atoms with Crippen LogP contribution in [0.4, 0.5) is 17.2 Å². The summed E-state index contributed by atoms with van der Waals surface area (Å²) in [7, 11) is 0. The number of hydrogen-bond donors (Lipinski definition) is 2. The van der Waals surface area contributed by atoms with E-state index in [1.807, 2.05) is 62.4 Å². The molecule has 0 aliphatic rings. The van der Waals surface area contributed by atoms with Crippen molar-refractivity contribution in [2.24, 2.45) is 0 Å². The highest BCUT2D eigenvalue weighted by atomic mass is 16.5. The number of aromatic nitrogens is 2. The molecule has 0 aliphatic carbocycles. The van der Waals surface area contributed by atoms with Crippen molar-refractivity contribution in [1.82, 2.24) is 9.97 Å². The number of nitrogens with one attached hydrogen (secondary N) is 2. The predicted molar refractivity (Wildman–Crippen MR) is 107 cm³/mol. The zero-order valence-electron chi connectivity index (χ0n) is 15.6. The van der Waals surface area contributed by atoms with Crippen LogP contribution in [0.1, 0.15) is 28.8 Å². The van der Waals surface area contributed by atoms with Gasteiger partial charge < -0.3 is 15.4 Å². The molecule has 0 bridgehead atoms. The van der Waals surface area contributed by atoms with E-state index in [9.17, 15) is 4.79 Å². The lowest BCUT2D eigenvalue weighted by molar-refractivity contribution is 0.102. The molecule has 3 rings (SSSR count). The second-order valence-electron chi connectivity index (χ2n) is 6.09. The molecule has 3 aromatic rings. The van der Waals surface area contributed by atoms with Crippen LogP contribution in [0.25, 0.3) is 0 Å². The zero-order chi connectivity index (χ0) is 19.2. The third-order valence-corrected chi connectivity index (χ3v) is 3.78. The fraction of sp³-hybridized carbons (Fsp3) is 0.190. The molecule has 0 saturated carbocycles. The van der Waals surface area contributed by atoms with Gasteiger partial charge in [0.05, 0.1) is 6.61 Å². The van der Waals surface area contributed by atoms with Gasteiger partial charge >= 0.3 is 0 Å². The fourth-order valence-corrected chi connectivity index (χ4v) is 2.62. The number of carbonyl (C=O) groups is 1. The number of ether oxygens (including phenoxy) is 1. The Hall–Kier alpha value is -3.41. The van der Waals surface area contributed by atoms with Gasteiger partial charge in [0.15, 0.2) is 0 Å². The van der Waals surface area contributed by atoms with Gasteiger partial charge in [0.2, 0.25) is 0 Å². The summed E-state index contributed by atoms with van der Waals surface area (Å²) in [4.78, 5) is 21.2. The number of hydrogen-bond acceptors (Lipinski definition) is 5. The fourth-order valence-electron chi connectivity index (χ4n) is 2.62. The van der Waals surface area contributed by atoms with Gasteiger partial charge in [-0.05, 0) is 62.7 Å². The second-order valence-corrected chi connectivity index (χ2v) is 6.09. The first-order valence-electron chi connectivity index (χ1n) is 8.77. The van der Waals surface area contributed by atoms with E-state index < -0.39 is 0 Å². The summed E-state index contributed by atoms with van der Waals surface area (Å²) < 4.78 is 5.44. The van der Waals surface area contributed by atoms with Gasteiger partial charge in [-0.25, -0.2) is 9.97 Å². The molecule has 0 fully saturated rings. The van der Waals surface area contributed by atoms with E-state index in [0.29, 0.717) is 23.9 Å². The summed E-state index contributed by atoms with van der Waals surface area (Å²) in [6, 6.07) is 16.8. The average molecular weight is 362 g/mol. The monoisotopic (exact) mass is 362 g/mol. The molecule has 0 saturated heterocycles. The van der Waals surface area contributed by atoms with Crippen LogP contribution < -0.4 is 15.4 Å². The molecular weight excluding hydrogens is 340 g/mol. The summed E-state index contributed by atoms with van der Waals surface area (Å²) in [5.74, 6) is 1.60. The SMILES string of the molecule is CCOc1ccc(Nc2cc(C(=O)Nc3cccc(C)c3)nc(C)n2)cc1. The molecule has 6 nitrogen and oxygen atoms in total. The molecular formula is C21H22N4O2. The lowest BCUT2D eigenvalue weighted by atomic mass is 10.2. The van der Waals surface area contributed by atoms with Crippen molar-refractivity contribution in [2.75, 3.05) is 17.2 Å². The van der Waals surface area contributed by atoms with Crippen LogP contribution >= 0.6 is 0 Å². The second kappa shape index (κ2) is 8.31. The summed E-state index contributed by atoms with van der Waals surface area (Å²) in [5.41, 5.74) is 2.96. The molecule has 2 aromatic carbocycles. The smallest absolute Gasteiger partial charge is 0.274 e. The Kier molecular flexibility index (Phi) is 5.66. The Balaban J connectivity index is 1.76. The molecule has 0 spiro atoms. The normalized spacial score (nSPS) is 10.3. The molecule has 138 valence electrons. The molecule has 1 amide bonds. The predicted octanol–water partition coefficient (Wildman–Crippen LogP) is 4.49. The van der Waals surface area contributed by atoms with Gasteiger partial charge in [-0.3, -0.25) is 4.79 Å². The van der Waals surface area contributed by atoms with E-state index in [1.54, 1.807) is 13.0 Å². The highest BCUT2D eigenvalue weighted by molar-refractivity contribution is 6.03. The number of amides is 1. The maximum Gasteiger partial charge on any atom is 0.274 e. The van der Waals surface area contributed by atoms with Crippen molar-refractivity contribution in [3.05, 3.63) is 71.7 Å². The third-order valence-electron chi connectivity index (χ3n) is 3.78. The molecule has 2 N–H and O–H groups in total. The van der Waals surface area contributed by atoms with Gasteiger partial charge in [0.1, 0.15) is 23.1 Å². The van der Waals surface area contributed by atoms with Crippen molar-refractivity contribution >= 4 is 23.1 Å². The standard InChI is InChI=1S/C21H22N4O2/c1-4-27-18-10-8-16(9-11-18)24-20-13-19(22-15(3)23-20)21(26)25-17-7-5-6-14(2)12-17/h5-13H,4H2,1-3H3,(H,25,26)(H,22,23,24). The van der Waals surface area contributed by atoms with Crippen LogP contribution in [0.5, 0.6) is 5.75 Å². The first kappa shape index (κ1) is 18.4. The Morgan fingerprint density at radius 1 is 1.00 bits per heavy atom. The molecule has 6 heteroatoms. The van der Waals surface area contributed by atoms with Gasteiger partial charge in [-0.1, -0.05) is 12.1 Å². The number of rotatable bonds is 6. The number of benzene rings is 2. The van der Waals surface area contributed by atoms with Crippen LogP contribution in [0, 0.1) is 13.8 Å². The molecule has 0 unspecified atom stereocenters. The zero-order valence-corrected chi connectivity index (χ0v) is 15.6. The Morgan fingerprint density at radius 3 is 2.48 bits per heavy atom. The van der Waals surface area contributed by atoms with Crippen LogP contribution in [0.2, 0.25) is 0 Å². The lowest BCUT2D eigenvalue weighted by Crippen LogP contribution is -2.15. The summed E-state index contributed by atoms with van der Waals surface area (Å²) in [5, 5.41) is 6.06. The molecule has 1 aromatic heterocycles. The van der Waals surface area contributed by atoms with E-state index in [4.69, 9.17) is 4.74 Å². The molecule has 1 heterocycles. The van der Waals surface area contributed by atoms with E-state index in [0.717, 1.165) is 22.7 Å². The average Bonchev–Trinajstić information content (AvgIpc) is 2.63. The minimum atomic E-state index is -0.277. The van der Waals surface area contributed by atoms with E-state index in [2.05, 4.69) is 20.6 Å². The van der Waals surface area contributed by atoms with Crippen molar-refractivity contribution in [3.8, 4) is 5.75 Å². The Bertz CT molecular complexity index is 939. The van der Waals surface area contributed by atoms with Crippen molar-refractivity contribution in [2.45, 2.75) is 20.8 Å². The van der Waals surface area contributed by atoms with E-state index in [1.165, 1.54) is 0 Å². The summed E-state index contributed by atoms with van der Waals surface area (Å²) in [6.45, 7) is 6.30. The Labute approximate surface area is 158 Å². The van der Waals surface area contributed by atoms with E-state index in [-0.39, 0.29) is 5.91 Å². The summed E-state index contributed by atoms with van der Waals surface area (Å²) in [6.07, 6.45) is 0. The third kappa shape index (κ3) is 5.04. The first-order valence-corrected chi connectivity index (χ1v) is 8.77. The van der Waals surface area contributed by atoms with Crippen LogP contribution in [-0.4, -0.2) is 22.5 Å². The van der Waals surface area contributed by atoms with Gasteiger partial charge in [-0.15, -0.1) is 0 Å². The van der Waals surface area contributed by atoms with Crippen LogP contribution in [0.3, 0.4) is 0 Å². The van der Waals surface area contributed by atoms with Crippen LogP contribution in [-0.2, 0) is 0 Å². The summed E-state index contributed by atoms with van der Waals surface area (Å²) >= 11 is 0. The van der Waals surface area contributed by atoms with Crippen molar-refractivity contribution < 1.29 is 9.53 Å². The highest BCUT2D eigenvalue weighted by Crippen LogP contribution is 2.20. The molecule has 0 atom stereocenters. The quantitative estimate of drug-likeness (QED) is 0.676. The first-order chi connectivity index (χ1) is 13.0. The Morgan fingerprint density at radius 2 is 1.78 bits per heavy atom. The topological polar surface area (TPSA) is 76.1 Å². The number of nitrogens with zero attached hydrogens (tertiary/aromatic N) is 2. The van der Waals surface area contributed by atoms with Gasteiger partial charge in [0, 0.05) is 17.4 Å². The number of anilines is 3. The minimum Gasteiger partial charge on any atom is -0.494 e. The molecule has 0 radical (unpaired) electrons. The minimum absolute atomic E-state index is 0.277. The van der Waals surface area contributed by atoms with Crippen molar-refractivity contribution in [3.63, 3.8) is 0 Å². The van der Waals surface area contributed by atoms with E-state index >= 15 is 0 Å². The van der Waals surface area contributed by atoms with Crippen LogP contribution in [0.15, 0.2) is 54.6 Å². The van der Waals surface area contributed by atoms with Crippen molar-refractivity contribution in [1.29, 1.82) is 0 Å². The maximum absolute atomic E-state index is 12.6. The van der Waals surface area contributed by atoms with Gasteiger partial charge in [0.25, 0.3) is 5.91 Å². The lowest BCUT2D eigenvalue weighted by Gasteiger charge is -2.10. The number of carbonyl (C=O) groups excluding carboxylic acids is 1. The maximum atomic E-state index is 12.6. The molecule has 27 heavy (non-hydrogen) atoms. The number of aryl methyl sites for hydroxylation is 2. The highest BCUT2D eigenvalue weighted by Gasteiger charge is 2.11. The van der Waals surface area contributed by atoms with Gasteiger partial charge in [-0.2, -0.15) is 0 Å².